The van der Waals surface area contributed by atoms with Crippen molar-refractivity contribution in [1.82, 2.24) is 9.47 Å². The van der Waals surface area contributed by atoms with Gasteiger partial charge in [0.1, 0.15) is 0 Å². The third-order valence-electron chi connectivity index (χ3n) is 5.66. The van der Waals surface area contributed by atoms with Crippen LogP contribution in [-0.2, 0) is 16.1 Å². The van der Waals surface area contributed by atoms with E-state index in [-0.39, 0.29) is 5.97 Å². The second kappa shape index (κ2) is 6.56. The molecule has 25 heavy (non-hydrogen) atoms. The number of hydrogen-bond donors (Lipinski definition) is 0. The van der Waals surface area contributed by atoms with E-state index < -0.39 is 0 Å². The Hall–Kier alpha value is -1.69. The maximum atomic E-state index is 11.5. The Morgan fingerprint density at radius 3 is 2.96 bits per heavy atom. The number of amidine groups is 1. The summed E-state index contributed by atoms with van der Waals surface area (Å²) in [4.78, 5) is 18.9. The van der Waals surface area contributed by atoms with E-state index in [9.17, 15) is 4.79 Å². The molecule has 6 heteroatoms. The quantitative estimate of drug-likeness (QED) is 0.769. The fraction of sp³-hybridized carbons (Fsp3) is 0.579. The molecule has 0 bridgehead atoms. The average Bonchev–Trinajstić information content (AvgIpc) is 3.25. The predicted molar refractivity (Wildman–Crippen MR) is 101 cm³/mol. The number of methoxy groups -OCH3 is 1. The Kier molecular flexibility index (Phi) is 4.40. The number of aromatic nitrogens is 1. The summed E-state index contributed by atoms with van der Waals surface area (Å²) in [6.07, 6.45) is 5.46. The maximum Gasteiger partial charge on any atom is 0.307 e. The number of aryl methyl sites for hydroxylation is 1. The first-order chi connectivity index (χ1) is 12.1. The number of esters is 1. The lowest BCUT2D eigenvalue weighted by molar-refractivity contribution is -0.140. The van der Waals surface area contributed by atoms with Gasteiger partial charge in [-0.15, -0.1) is 0 Å². The second-order valence-electron chi connectivity index (χ2n) is 7.08. The molecule has 0 spiro atoms. The van der Waals surface area contributed by atoms with Gasteiger partial charge in [-0.05, 0) is 32.8 Å². The van der Waals surface area contributed by atoms with Crippen molar-refractivity contribution in [2.24, 2.45) is 4.99 Å². The molecule has 1 aromatic heterocycles. The van der Waals surface area contributed by atoms with Crippen LogP contribution in [-0.4, -0.2) is 39.8 Å². The zero-order valence-corrected chi connectivity index (χ0v) is 15.9. The number of carbonyl (C=O) groups excluding carboxylic acids is 1. The lowest BCUT2D eigenvalue weighted by Crippen LogP contribution is -2.38. The molecule has 1 saturated carbocycles. The van der Waals surface area contributed by atoms with Crippen molar-refractivity contribution in [2.75, 3.05) is 7.11 Å². The molecule has 2 atom stereocenters. The number of aliphatic imine (C=N–C) groups is 1. The molecule has 1 aliphatic carbocycles. The zero-order chi connectivity index (χ0) is 17.6. The van der Waals surface area contributed by atoms with Crippen LogP contribution in [0.3, 0.4) is 0 Å². The smallest absolute Gasteiger partial charge is 0.307 e. The largest absolute Gasteiger partial charge is 0.469 e. The van der Waals surface area contributed by atoms with Crippen molar-refractivity contribution in [3.63, 3.8) is 0 Å². The molecule has 0 unspecified atom stereocenters. The summed E-state index contributed by atoms with van der Waals surface area (Å²) >= 11 is 1.76. The predicted octanol–water partition coefficient (Wildman–Crippen LogP) is 3.70. The summed E-state index contributed by atoms with van der Waals surface area (Å²) < 4.78 is 7.01. The van der Waals surface area contributed by atoms with E-state index >= 15 is 0 Å². The van der Waals surface area contributed by atoms with Gasteiger partial charge in [-0.1, -0.05) is 24.6 Å². The van der Waals surface area contributed by atoms with E-state index in [1.807, 2.05) is 0 Å². The van der Waals surface area contributed by atoms with Crippen LogP contribution in [0, 0.1) is 13.8 Å². The average molecular weight is 359 g/mol. The highest BCUT2D eigenvalue weighted by Crippen LogP contribution is 2.45. The molecule has 3 heterocycles. The van der Waals surface area contributed by atoms with E-state index in [1.54, 1.807) is 11.8 Å². The van der Waals surface area contributed by atoms with Crippen LogP contribution in [0.25, 0.3) is 5.70 Å². The Morgan fingerprint density at radius 2 is 2.16 bits per heavy atom. The van der Waals surface area contributed by atoms with E-state index in [0.29, 0.717) is 25.0 Å². The first kappa shape index (κ1) is 16.8. The number of fused-ring (bicyclic) bond motifs is 3. The highest BCUT2D eigenvalue weighted by molar-refractivity contribution is 8.16. The molecule has 134 valence electrons. The van der Waals surface area contributed by atoms with Crippen molar-refractivity contribution in [2.45, 2.75) is 64.6 Å². The van der Waals surface area contributed by atoms with Gasteiger partial charge in [0.25, 0.3) is 0 Å². The molecule has 5 nitrogen and oxygen atoms in total. The van der Waals surface area contributed by atoms with E-state index in [1.165, 1.54) is 60.6 Å². The molecule has 1 aromatic rings. The molecular formula is C19H25N3O2S. The standard InChI is InChI=1S/C19H25N3O2S/c1-12-10-14(13(2)21(12)9-8-18(23)24-3)17-11-25-19-20-15-6-4-5-7-16(15)22(17)19/h10-11,15-16H,4-9H2,1-3H3/t15-,16+/m0/s1. The van der Waals surface area contributed by atoms with Crippen molar-refractivity contribution in [3.05, 3.63) is 28.4 Å². The van der Waals surface area contributed by atoms with Crippen LogP contribution in [0.5, 0.6) is 0 Å². The van der Waals surface area contributed by atoms with Gasteiger partial charge in [-0.3, -0.25) is 9.79 Å². The summed E-state index contributed by atoms with van der Waals surface area (Å²) in [6, 6.07) is 3.25. The van der Waals surface area contributed by atoms with Crippen LogP contribution < -0.4 is 0 Å². The van der Waals surface area contributed by atoms with E-state index in [4.69, 9.17) is 9.73 Å². The van der Waals surface area contributed by atoms with Crippen LogP contribution in [0.2, 0.25) is 0 Å². The Balaban J connectivity index is 1.60. The Bertz CT molecular complexity index is 765. The summed E-state index contributed by atoms with van der Waals surface area (Å²) in [7, 11) is 1.44. The van der Waals surface area contributed by atoms with Gasteiger partial charge in [0.05, 0.1) is 31.3 Å². The lowest BCUT2D eigenvalue weighted by Gasteiger charge is -2.32. The van der Waals surface area contributed by atoms with Crippen LogP contribution >= 0.6 is 11.8 Å². The minimum Gasteiger partial charge on any atom is -0.469 e. The summed E-state index contributed by atoms with van der Waals surface area (Å²) in [5, 5.41) is 3.42. The summed E-state index contributed by atoms with van der Waals surface area (Å²) in [6.45, 7) is 4.92. The van der Waals surface area contributed by atoms with Gasteiger partial charge in [0.15, 0.2) is 5.17 Å². The molecule has 0 saturated heterocycles. The highest BCUT2D eigenvalue weighted by Gasteiger charge is 2.42. The minimum atomic E-state index is -0.163. The van der Waals surface area contributed by atoms with Crippen LogP contribution in [0.15, 0.2) is 16.5 Å². The molecular weight excluding hydrogens is 334 g/mol. The van der Waals surface area contributed by atoms with Crippen LogP contribution in [0.1, 0.15) is 49.1 Å². The molecule has 0 radical (unpaired) electrons. The fourth-order valence-electron chi connectivity index (χ4n) is 4.33. The van der Waals surface area contributed by atoms with E-state index in [2.05, 4.69) is 34.8 Å². The highest BCUT2D eigenvalue weighted by atomic mass is 32.2. The van der Waals surface area contributed by atoms with Crippen molar-refractivity contribution in [1.29, 1.82) is 0 Å². The van der Waals surface area contributed by atoms with E-state index in [0.717, 1.165) is 0 Å². The number of nitrogens with zero attached hydrogens (tertiary/aromatic N) is 3. The molecule has 2 aliphatic heterocycles. The summed E-state index contributed by atoms with van der Waals surface area (Å²) in [5.41, 5.74) is 4.96. The minimum absolute atomic E-state index is 0.163. The van der Waals surface area contributed by atoms with Gasteiger partial charge >= 0.3 is 5.97 Å². The van der Waals surface area contributed by atoms with Gasteiger partial charge in [-0.25, -0.2) is 0 Å². The fourth-order valence-corrected chi connectivity index (χ4v) is 5.33. The zero-order valence-electron chi connectivity index (χ0n) is 15.1. The first-order valence-corrected chi connectivity index (χ1v) is 9.96. The Labute approximate surface area is 153 Å². The monoisotopic (exact) mass is 359 g/mol. The molecule has 4 rings (SSSR count). The number of rotatable bonds is 4. The second-order valence-corrected chi connectivity index (χ2v) is 7.92. The van der Waals surface area contributed by atoms with Gasteiger partial charge in [0, 0.05) is 28.9 Å². The van der Waals surface area contributed by atoms with Gasteiger partial charge in [-0.2, -0.15) is 0 Å². The van der Waals surface area contributed by atoms with Gasteiger partial charge in [0.2, 0.25) is 0 Å². The van der Waals surface area contributed by atoms with Crippen molar-refractivity contribution < 1.29 is 9.53 Å². The third-order valence-corrected chi connectivity index (χ3v) is 6.51. The molecule has 0 amide bonds. The normalized spacial score (nSPS) is 24.7. The maximum absolute atomic E-state index is 11.5. The van der Waals surface area contributed by atoms with Crippen molar-refractivity contribution in [3.8, 4) is 0 Å². The number of hydrogen-bond acceptors (Lipinski definition) is 5. The molecule has 0 aromatic carbocycles. The van der Waals surface area contributed by atoms with Gasteiger partial charge < -0.3 is 14.2 Å². The molecule has 1 fully saturated rings. The number of carbonyl (C=O) groups is 1. The SMILES string of the molecule is COC(=O)CCn1c(C)cc(C2=CSC3=N[C@H]4CCCC[C@H]4N23)c1C. The lowest BCUT2D eigenvalue weighted by atomic mass is 9.90. The molecule has 3 aliphatic rings. The van der Waals surface area contributed by atoms with Crippen molar-refractivity contribution >= 4 is 28.6 Å². The first-order valence-electron chi connectivity index (χ1n) is 9.08. The van der Waals surface area contributed by atoms with Crippen LogP contribution in [0.4, 0.5) is 0 Å². The topological polar surface area (TPSA) is 46.8 Å². The Morgan fingerprint density at radius 1 is 1.36 bits per heavy atom. The number of ether oxygens (including phenoxy) is 1. The molecule has 0 N–H and O–H groups in total. The summed E-state index contributed by atoms with van der Waals surface area (Å²) in [5.74, 6) is -0.163. The third kappa shape index (κ3) is 2.80. The number of thioether (sulfide) groups is 1.